The largest absolute Gasteiger partial charge is 0.494 e. The number of fused-ring (bicyclic) bond motifs is 2. The van der Waals surface area contributed by atoms with Crippen LogP contribution >= 0.6 is 0 Å². The van der Waals surface area contributed by atoms with Gasteiger partial charge in [0.05, 0.1) is 13.2 Å². The maximum atomic E-state index is 6.11. The number of likely N-dealkylation sites (tertiary alicyclic amines) is 1. The number of nitrogens with zero attached hydrogens (tertiary/aromatic N) is 1. The van der Waals surface area contributed by atoms with Crippen LogP contribution in [0, 0.1) is 0 Å². The van der Waals surface area contributed by atoms with E-state index in [1.54, 1.807) is 0 Å². The highest BCUT2D eigenvalue weighted by molar-refractivity contribution is 5.48. The van der Waals surface area contributed by atoms with Crippen molar-refractivity contribution in [2.45, 2.75) is 70.3 Å². The van der Waals surface area contributed by atoms with E-state index in [2.05, 4.69) is 60.4 Å². The summed E-state index contributed by atoms with van der Waals surface area (Å²) in [4.78, 5) is 2.58. The van der Waals surface area contributed by atoms with Gasteiger partial charge in [-0.3, -0.25) is 4.90 Å². The lowest BCUT2D eigenvalue weighted by atomic mass is 9.74. The van der Waals surface area contributed by atoms with Crippen LogP contribution in [0.2, 0.25) is 0 Å². The monoisotopic (exact) mass is 407 g/mol. The highest BCUT2D eigenvalue weighted by Gasteiger charge is 2.43. The van der Waals surface area contributed by atoms with E-state index in [1.165, 1.54) is 43.2 Å². The lowest BCUT2D eigenvalue weighted by Gasteiger charge is -2.38. The van der Waals surface area contributed by atoms with Crippen LogP contribution < -0.4 is 9.47 Å². The summed E-state index contributed by atoms with van der Waals surface area (Å²) in [6.45, 7) is 7.21. The Labute approximate surface area is 182 Å². The molecule has 2 aliphatic rings. The molecule has 0 bridgehead atoms. The van der Waals surface area contributed by atoms with Crippen molar-refractivity contribution in [2.24, 2.45) is 0 Å². The fourth-order valence-corrected chi connectivity index (χ4v) is 4.90. The van der Waals surface area contributed by atoms with Gasteiger partial charge >= 0.3 is 0 Å². The zero-order valence-electron chi connectivity index (χ0n) is 18.6. The van der Waals surface area contributed by atoms with Gasteiger partial charge < -0.3 is 9.47 Å². The van der Waals surface area contributed by atoms with Gasteiger partial charge in [-0.05, 0) is 56.1 Å². The molecule has 3 nitrogen and oxygen atoms in total. The molecule has 0 aromatic heterocycles. The maximum Gasteiger partial charge on any atom is 0.123 e. The van der Waals surface area contributed by atoms with Crippen molar-refractivity contribution in [1.29, 1.82) is 0 Å². The van der Waals surface area contributed by atoms with Gasteiger partial charge in [-0.25, -0.2) is 0 Å². The SMILES string of the molecule is CCCCCCCCOc1ccc2c(c1)C1(CCN(Cc3ccccc3)CC1)CO2. The molecule has 2 aromatic carbocycles. The van der Waals surface area contributed by atoms with Crippen LogP contribution in [0.1, 0.15) is 69.4 Å². The Morgan fingerprint density at radius 3 is 2.50 bits per heavy atom. The Morgan fingerprint density at radius 2 is 1.70 bits per heavy atom. The van der Waals surface area contributed by atoms with Gasteiger partial charge in [0.15, 0.2) is 0 Å². The van der Waals surface area contributed by atoms with E-state index in [-0.39, 0.29) is 5.41 Å². The Morgan fingerprint density at radius 1 is 0.933 bits per heavy atom. The first-order chi connectivity index (χ1) is 14.8. The predicted molar refractivity (Wildman–Crippen MR) is 123 cm³/mol. The summed E-state index contributed by atoms with van der Waals surface area (Å²) >= 11 is 0. The van der Waals surface area contributed by atoms with Crippen molar-refractivity contribution < 1.29 is 9.47 Å². The molecule has 3 heteroatoms. The van der Waals surface area contributed by atoms with Crippen LogP contribution in [0.15, 0.2) is 48.5 Å². The quantitative estimate of drug-likeness (QED) is 0.428. The summed E-state index contributed by atoms with van der Waals surface area (Å²) in [5.74, 6) is 2.08. The molecule has 0 saturated carbocycles. The number of benzene rings is 2. The van der Waals surface area contributed by atoms with Crippen LogP contribution in [-0.2, 0) is 12.0 Å². The molecule has 0 amide bonds. The summed E-state index contributed by atoms with van der Waals surface area (Å²) in [6, 6.07) is 17.3. The third-order valence-corrected chi connectivity index (χ3v) is 6.86. The molecule has 30 heavy (non-hydrogen) atoms. The maximum absolute atomic E-state index is 6.11. The molecular weight excluding hydrogens is 370 g/mol. The first kappa shape index (κ1) is 21.2. The van der Waals surface area contributed by atoms with Crippen LogP contribution in [0.3, 0.4) is 0 Å². The zero-order chi connectivity index (χ0) is 20.7. The van der Waals surface area contributed by atoms with Gasteiger partial charge in [0.25, 0.3) is 0 Å². The minimum Gasteiger partial charge on any atom is -0.494 e. The van der Waals surface area contributed by atoms with Crippen LogP contribution in [0.4, 0.5) is 0 Å². The van der Waals surface area contributed by atoms with E-state index < -0.39 is 0 Å². The summed E-state index contributed by atoms with van der Waals surface area (Å²) in [6.07, 6.45) is 10.1. The van der Waals surface area contributed by atoms with Crippen molar-refractivity contribution in [3.05, 3.63) is 59.7 Å². The Balaban J connectivity index is 1.30. The molecule has 1 spiro atoms. The fraction of sp³-hybridized carbons (Fsp3) is 0.556. The molecule has 2 aliphatic heterocycles. The van der Waals surface area contributed by atoms with E-state index in [9.17, 15) is 0 Å². The van der Waals surface area contributed by atoms with Crippen LogP contribution in [0.25, 0.3) is 0 Å². The molecule has 1 saturated heterocycles. The second-order valence-corrected chi connectivity index (χ2v) is 9.10. The number of ether oxygens (including phenoxy) is 2. The molecule has 0 atom stereocenters. The van der Waals surface area contributed by atoms with Gasteiger partial charge in [0.1, 0.15) is 11.5 Å². The molecule has 0 radical (unpaired) electrons. The Kier molecular flexibility index (Phi) is 7.33. The second-order valence-electron chi connectivity index (χ2n) is 9.10. The lowest BCUT2D eigenvalue weighted by Crippen LogP contribution is -2.43. The van der Waals surface area contributed by atoms with Gasteiger partial charge in [0, 0.05) is 17.5 Å². The minimum absolute atomic E-state index is 0.169. The molecule has 0 N–H and O–H groups in total. The van der Waals surface area contributed by atoms with Gasteiger partial charge in [0.2, 0.25) is 0 Å². The molecule has 2 heterocycles. The molecule has 4 rings (SSSR count). The smallest absolute Gasteiger partial charge is 0.123 e. The first-order valence-electron chi connectivity index (χ1n) is 12.0. The summed E-state index contributed by atoms with van der Waals surface area (Å²) in [5, 5.41) is 0. The van der Waals surface area contributed by atoms with Gasteiger partial charge in [-0.15, -0.1) is 0 Å². The molecule has 2 aromatic rings. The van der Waals surface area contributed by atoms with Crippen molar-refractivity contribution in [3.8, 4) is 11.5 Å². The van der Waals surface area contributed by atoms with Crippen molar-refractivity contribution in [3.63, 3.8) is 0 Å². The van der Waals surface area contributed by atoms with Crippen molar-refractivity contribution in [2.75, 3.05) is 26.3 Å². The fourth-order valence-electron chi connectivity index (χ4n) is 4.90. The first-order valence-corrected chi connectivity index (χ1v) is 12.0. The number of hydrogen-bond donors (Lipinski definition) is 0. The third-order valence-electron chi connectivity index (χ3n) is 6.86. The average Bonchev–Trinajstić information content (AvgIpc) is 3.13. The predicted octanol–water partition coefficient (Wildman–Crippen LogP) is 6.35. The molecule has 0 aliphatic carbocycles. The average molecular weight is 408 g/mol. The number of hydrogen-bond acceptors (Lipinski definition) is 3. The Bertz CT molecular complexity index is 781. The number of unbranched alkanes of at least 4 members (excludes halogenated alkanes) is 5. The summed E-state index contributed by atoms with van der Waals surface area (Å²) in [5.41, 5.74) is 2.95. The van der Waals surface area contributed by atoms with E-state index in [1.807, 2.05) is 0 Å². The third kappa shape index (κ3) is 5.18. The van der Waals surface area contributed by atoms with E-state index >= 15 is 0 Å². The topological polar surface area (TPSA) is 21.7 Å². The van der Waals surface area contributed by atoms with E-state index in [0.717, 1.165) is 63.6 Å². The van der Waals surface area contributed by atoms with Crippen molar-refractivity contribution in [1.82, 2.24) is 4.90 Å². The van der Waals surface area contributed by atoms with Crippen LogP contribution in [-0.4, -0.2) is 31.2 Å². The van der Waals surface area contributed by atoms with Crippen LogP contribution in [0.5, 0.6) is 11.5 Å². The molecular formula is C27H37NO2. The number of piperidine rings is 1. The zero-order valence-corrected chi connectivity index (χ0v) is 18.6. The minimum atomic E-state index is 0.169. The van der Waals surface area contributed by atoms with Crippen molar-refractivity contribution >= 4 is 0 Å². The van der Waals surface area contributed by atoms with E-state index in [4.69, 9.17) is 9.47 Å². The molecule has 162 valence electrons. The highest BCUT2D eigenvalue weighted by atomic mass is 16.5. The molecule has 0 unspecified atom stereocenters. The highest BCUT2D eigenvalue weighted by Crippen LogP contribution is 2.46. The lowest BCUT2D eigenvalue weighted by molar-refractivity contribution is 0.130. The number of rotatable bonds is 10. The summed E-state index contributed by atoms with van der Waals surface area (Å²) < 4.78 is 12.2. The Hall–Kier alpha value is -2.00. The standard InChI is InChI=1S/C27H37NO2/c1-2-3-4-5-6-10-19-29-24-13-14-26-25(20-24)27(22-30-26)15-17-28(18-16-27)21-23-11-8-7-9-12-23/h7-9,11-14,20H,2-6,10,15-19,21-22H2,1H3. The van der Waals surface area contributed by atoms with Gasteiger partial charge in [-0.2, -0.15) is 0 Å². The molecule has 1 fully saturated rings. The summed E-state index contributed by atoms with van der Waals surface area (Å²) in [7, 11) is 0. The van der Waals surface area contributed by atoms with E-state index in [0.29, 0.717) is 0 Å². The van der Waals surface area contributed by atoms with Gasteiger partial charge in [-0.1, -0.05) is 69.4 Å². The second kappa shape index (κ2) is 10.3. The normalized spacial score (nSPS) is 17.6.